The molecule has 2 atom stereocenters. The summed E-state index contributed by atoms with van der Waals surface area (Å²) < 4.78 is 0. The minimum atomic E-state index is -1.20. The molecule has 0 spiro atoms. The van der Waals surface area contributed by atoms with E-state index in [1.165, 1.54) is 26.2 Å². The van der Waals surface area contributed by atoms with Gasteiger partial charge in [-0.1, -0.05) is 0 Å². The van der Waals surface area contributed by atoms with Crippen LogP contribution in [0.4, 0.5) is 0 Å². The first-order valence-corrected chi connectivity index (χ1v) is 7.61. The van der Waals surface area contributed by atoms with Gasteiger partial charge in [-0.2, -0.15) is 0 Å². The quantitative estimate of drug-likeness (QED) is 0.721. The van der Waals surface area contributed by atoms with Crippen LogP contribution in [0.5, 0.6) is 0 Å². The minimum Gasteiger partial charge on any atom is -0.480 e. The second-order valence-electron chi connectivity index (χ2n) is 7.23. The van der Waals surface area contributed by atoms with Crippen molar-refractivity contribution in [3.05, 3.63) is 0 Å². The molecule has 0 heterocycles. The standard InChI is InChI=1S/C15H23NO4/c1-8(17)12(13(18)19)16-14(20)15-5-9-2-10(6-15)4-11(3-9)7-15/h8-12,17H,2-7H2,1H3,(H,16,20)(H,18,19). The largest absolute Gasteiger partial charge is 0.480 e. The molecule has 0 aromatic heterocycles. The molecule has 0 aromatic rings. The molecule has 112 valence electrons. The zero-order valence-corrected chi connectivity index (χ0v) is 11.8. The summed E-state index contributed by atoms with van der Waals surface area (Å²) in [7, 11) is 0. The van der Waals surface area contributed by atoms with Gasteiger partial charge in [-0.25, -0.2) is 4.79 Å². The van der Waals surface area contributed by atoms with Crippen molar-refractivity contribution in [3.8, 4) is 0 Å². The summed E-state index contributed by atoms with van der Waals surface area (Å²) in [4.78, 5) is 23.8. The number of aliphatic carboxylic acids is 1. The lowest BCUT2D eigenvalue weighted by Gasteiger charge is -2.55. The van der Waals surface area contributed by atoms with Crippen LogP contribution in [0.3, 0.4) is 0 Å². The molecule has 2 unspecified atom stereocenters. The molecule has 0 aliphatic heterocycles. The highest BCUT2D eigenvalue weighted by Crippen LogP contribution is 2.60. The van der Waals surface area contributed by atoms with Crippen LogP contribution in [0.1, 0.15) is 45.4 Å². The lowest BCUT2D eigenvalue weighted by atomic mass is 9.49. The van der Waals surface area contributed by atoms with Crippen molar-refractivity contribution in [1.29, 1.82) is 0 Å². The van der Waals surface area contributed by atoms with Gasteiger partial charge in [0, 0.05) is 5.41 Å². The Morgan fingerprint density at radius 1 is 1.10 bits per heavy atom. The van der Waals surface area contributed by atoms with Gasteiger partial charge in [0.15, 0.2) is 6.04 Å². The Balaban J connectivity index is 1.75. The third kappa shape index (κ3) is 2.22. The van der Waals surface area contributed by atoms with Crippen molar-refractivity contribution in [3.63, 3.8) is 0 Å². The lowest BCUT2D eigenvalue weighted by Crippen LogP contribution is -2.58. The first kappa shape index (κ1) is 13.9. The molecule has 4 aliphatic carbocycles. The SMILES string of the molecule is CC(O)C(NC(=O)C12CC3CC(CC(C3)C1)C2)C(=O)O. The number of carboxylic acid groups (broad SMARTS) is 1. The third-order valence-electron chi connectivity index (χ3n) is 5.55. The van der Waals surface area contributed by atoms with E-state index in [9.17, 15) is 14.7 Å². The molecular weight excluding hydrogens is 258 g/mol. The zero-order chi connectivity index (χ0) is 14.5. The Bertz CT molecular complexity index is 396. The number of carboxylic acids is 1. The average molecular weight is 281 g/mol. The van der Waals surface area contributed by atoms with E-state index in [-0.39, 0.29) is 11.3 Å². The Kier molecular flexibility index (Phi) is 3.27. The molecule has 1 amide bonds. The van der Waals surface area contributed by atoms with Crippen molar-refractivity contribution in [2.75, 3.05) is 0 Å². The van der Waals surface area contributed by atoms with Crippen LogP contribution in [0.2, 0.25) is 0 Å². The topological polar surface area (TPSA) is 86.6 Å². The molecule has 4 fully saturated rings. The van der Waals surface area contributed by atoms with Crippen LogP contribution in [-0.4, -0.2) is 34.2 Å². The zero-order valence-electron chi connectivity index (χ0n) is 11.8. The fraction of sp³-hybridized carbons (Fsp3) is 0.867. The summed E-state index contributed by atoms with van der Waals surface area (Å²) in [6.07, 6.45) is 5.35. The van der Waals surface area contributed by atoms with E-state index in [1.54, 1.807) is 0 Å². The Hall–Kier alpha value is -1.10. The third-order valence-corrected chi connectivity index (χ3v) is 5.55. The molecule has 20 heavy (non-hydrogen) atoms. The van der Waals surface area contributed by atoms with Gasteiger partial charge >= 0.3 is 5.97 Å². The van der Waals surface area contributed by atoms with Gasteiger partial charge in [0.1, 0.15) is 0 Å². The van der Waals surface area contributed by atoms with Crippen molar-refractivity contribution in [1.82, 2.24) is 5.32 Å². The molecule has 5 heteroatoms. The highest BCUT2D eigenvalue weighted by atomic mass is 16.4. The van der Waals surface area contributed by atoms with Crippen molar-refractivity contribution in [2.45, 2.75) is 57.6 Å². The summed E-state index contributed by atoms with van der Waals surface area (Å²) in [5.74, 6) is 0.605. The monoisotopic (exact) mass is 281 g/mol. The van der Waals surface area contributed by atoms with E-state index >= 15 is 0 Å². The van der Waals surface area contributed by atoms with E-state index < -0.39 is 18.1 Å². The number of amides is 1. The molecule has 0 aromatic carbocycles. The predicted molar refractivity (Wildman–Crippen MR) is 71.9 cm³/mol. The molecule has 0 radical (unpaired) electrons. The maximum absolute atomic E-state index is 12.6. The van der Waals surface area contributed by atoms with Gasteiger partial charge in [-0.15, -0.1) is 0 Å². The Morgan fingerprint density at radius 2 is 1.55 bits per heavy atom. The predicted octanol–water partition coefficient (Wildman–Crippen LogP) is 1.15. The molecule has 4 rings (SSSR count). The van der Waals surface area contributed by atoms with E-state index in [2.05, 4.69) is 5.32 Å². The van der Waals surface area contributed by atoms with Gasteiger partial charge in [0.2, 0.25) is 5.91 Å². The number of nitrogens with one attached hydrogen (secondary N) is 1. The van der Waals surface area contributed by atoms with Crippen LogP contribution >= 0.6 is 0 Å². The first-order valence-electron chi connectivity index (χ1n) is 7.61. The molecule has 4 bridgehead atoms. The van der Waals surface area contributed by atoms with E-state index in [0.717, 1.165) is 19.3 Å². The number of rotatable bonds is 4. The number of aliphatic hydroxyl groups is 1. The summed E-state index contributed by atoms with van der Waals surface area (Å²) in [6, 6.07) is -1.20. The summed E-state index contributed by atoms with van der Waals surface area (Å²) >= 11 is 0. The summed E-state index contributed by atoms with van der Waals surface area (Å²) in [6.45, 7) is 1.40. The molecule has 0 saturated heterocycles. The molecule has 4 aliphatic rings. The smallest absolute Gasteiger partial charge is 0.328 e. The number of carbonyl (C=O) groups is 2. The van der Waals surface area contributed by atoms with Crippen LogP contribution in [0.25, 0.3) is 0 Å². The Morgan fingerprint density at radius 3 is 1.90 bits per heavy atom. The second kappa shape index (κ2) is 4.72. The highest BCUT2D eigenvalue weighted by Gasteiger charge is 2.55. The van der Waals surface area contributed by atoms with Crippen molar-refractivity contribution < 1.29 is 19.8 Å². The lowest BCUT2D eigenvalue weighted by molar-refractivity contribution is -0.153. The van der Waals surface area contributed by atoms with Crippen LogP contribution in [0, 0.1) is 23.2 Å². The van der Waals surface area contributed by atoms with Crippen LogP contribution in [0.15, 0.2) is 0 Å². The molecular formula is C15H23NO4. The van der Waals surface area contributed by atoms with E-state index in [4.69, 9.17) is 5.11 Å². The number of hydrogen-bond donors (Lipinski definition) is 3. The maximum atomic E-state index is 12.6. The first-order chi connectivity index (χ1) is 9.39. The summed E-state index contributed by atoms with van der Waals surface area (Å²) in [5, 5.41) is 21.2. The van der Waals surface area contributed by atoms with Crippen molar-refractivity contribution in [2.24, 2.45) is 23.2 Å². The van der Waals surface area contributed by atoms with Gasteiger partial charge < -0.3 is 15.5 Å². The van der Waals surface area contributed by atoms with E-state index in [1.807, 2.05) is 0 Å². The number of carbonyl (C=O) groups excluding carboxylic acids is 1. The number of hydrogen-bond acceptors (Lipinski definition) is 3. The van der Waals surface area contributed by atoms with E-state index in [0.29, 0.717) is 17.8 Å². The molecule has 3 N–H and O–H groups in total. The van der Waals surface area contributed by atoms with Crippen molar-refractivity contribution >= 4 is 11.9 Å². The normalized spacial score (nSPS) is 41.2. The van der Waals surface area contributed by atoms with Crippen LogP contribution < -0.4 is 5.32 Å². The molecule has 4 saturated carbocycles. The second-order valence-corrected chi connectivity index (χ2v) is 7.23. The van der Waals surface area contributed by atoms with Gasteiger partial charge in [-0.3, -0.25) is 4.79 Å². The number of aliphatic hydroxyl groups excluding tert-OH is 1. The maximum Gasteiger partial charge on any atom is 0.328 e. The average Bonchev–Trinajstić information content (AvgIpc) is 2.32. The van der Waals surface area contributed by atoms with Gasteiger partial charge in [0.25, 0.3) is 0 Å². The van der Waals surface area contributed by atoms with Gasteiger partial charge in [0.05, 0.1) is 6.10 Å². The fourth-order valence-electron chi connectivity index (χ4n) is 5.07. The minimum absolute atomic E-state index is 0.148. The fourth-order valence-corrected chi connectivity index (χ4v) is 5.07. The van der Waals surface area contributed by atoms with Gasteiger partial charge in [-0.05, 0) is 63.2 Å². The summed E-state index contributed by atoms with van der Waals surface area (Å²) in [5.41, 5.74) is -0.364. The molecule has 5 nitrogen and oxygen atoms in total. The Labute approximate surface area is 118 Å². The van der Waals surface area contributed by atoms with Crippen LogP contribution in [-0.2, 0) is 9.59 Å². The highest BCUT2D eigenvalue weighted by molar-refractivity contribution is 5.88.